The minimum Gasteiger partial charge on any atom is -0.337 e. The Morgan fingerprint density at radius 2 is 2.30 bits per heavy atom. The highest BCUT2D eigenvalue weighted by molar-refractivity contribution is 5.46. The molecule has 0 aliphatic heterocycles. The molecule has 0 saturated heterocycles. The maximum absolute atomic E-state index is 5.85. The van der Waals surface area contributed by atoms with E-state index in [4.69, 9.17) is 10.3 Å². The van der Waals surface area contributed by atoms with Crippen LogP contribution < -0.4 is 5.73 Å². The Morgan fingerprint density at radius 3 is 2.95 bits per heavy atom. The van der Waals surface area contributed by atoms with Gasteiger partial charge in [0.15, 0.2) is 0 Å². The van der Waals surface area contributed by atoms with E-state index in [2.05, 4.69) is 27.1 Å². The average molecular weight is 273 g/mol. The molecule has 2 aromatic heterocycles. The maximum atomic E-state index is 5.85. The largest absolute Gasteiger partial charge is 0.337 e. The molecule has 0 amide bonds. The second-order valence-corrected chi connectivity index (χ2v) is 5.28. The lowest BCUT2D eigenvalue weighted by Crippen LogP contribution is -2.39. The van der Waals surface area contributed by atoms with Gasteiger partial charge in [0.1, 0.15) is 5.69 Å². The Labute approximate surface area is 118 Å². The zero-order valence-corrected chi connectivity index (χ0v) is 11.6. The summed E-state index contributed by atoms with van der Waals surface area (Å²) in [6.07, 6.45) is 4.26. The lowest BCUT2D eigenvalue weighted by atomic mass is 10.1. The number of hydrogen-bond donors (Lipinski definition) is 1. The van der Waals surface area contributed by atoms with Gasteiger partial charge >= 0.3 is 0 Å². The molecule has 0 aromatic carbocycles. The molecule has 1 aliphatic rings. The molecule has 1 aliphatic carbocycles. The molecule has 6 heteroatoms. The Bertz CT molecular complexity index is 552. The summed E-state index contributed by atoms with van der Waals surface area (Å²) in [5, 5.41) is 3.98. The van der Waals surface area contributed by atoms with Gasteiger partial charge in [0.25, 0.3) is 0 Å². The lowest BCUT2D eigenvalue weighted by molar-refractivity contribution is 0.189. The zero-order valence-electron chi connectivity index (χ0n) is 11.6. The summed E-state index contributed by atoms with van der Waals surface area (Å²) in [6.45, 7) is 1.29. The van der Waals surface area contributed by atoms with Crippen LogP contribution in [0, 0.1) is 5.92 Å². The van der Waals surface area contributed by atoms with Crippen molar-refractivity contribution in [2.24, 2.45) is 11.7 Å². The molecule has 3 rings (SSSR count). The number of nitrogens with two attached hydrogens (primary N) is 1. The monoisotopic (exact) mass is 273 g/mol. The summed E-state index contributed by atoms with van der Waals surface area (Å²) in [5.74, 6) is 1.86. The normalized spacial score (nSPS) is 16.6. The van der Waals surface area contributed by atoms with E-state index in [1.807, 2.05) is 18.2 Å². The van der Waals surface area contributed by atoms with Crippen LogP contribution in [0.5, 0.6) is 0 Å². The van der Waals surface area contributed by atoms with Gasteiger partial charge in [0, 0.05) is 18.8 Å². The topological polar surface area (TPSA) is 81.1 Å². The van der Waals surface area contributed by atoms with Crippen LogP contribution in [-0.2, 0) is 6.54 Å². The Hall–Kier alpha value is -1.79. The molecule has 1 unspecified atom stereocenters. The molecule has 0 radical (unpaired) electrons. The molecule has 0 bridgehead atoms. The fourth-order valence-corrected chi connectivity index (χ4v) is 2.46. The van der Waals surface area contributed by atoms with Gasteiger partial charge in [-0.3, -0.25) is 9.88 Å². The summed E-state index contributed by atoms with van der Waals surface area (Å²) in [4.78, 5) is 10.8. The van der Waals surface area contributed by atoms with E-state index in [1.54, 1.807) is 6.20 Å². The van der Waals surface area contributed by atoms with Crippen molar-refractivity contribution >= 4 is 0 Å². The second kappa shape index (κ2) is 5.68. The minimum absolute atomic E-state index is 0.403. The maximum Gasteiger partial charge on any atom is 0.241 e. The number of aromatic nitrogens is 3. The smallest absolute Gasteiger partial charge is 0.241 e. The van der Waals surface area contributed by atoms with E-state index in [1.165, 1.54) is 12.8 Å². The Kier molecular flexibility index (Phi) is 3.75. The molecule has 20 heavy (non-hydrogen) atoms. The summed E-state index contributed by atoms with van der Waals surface area (Å²) in [6, 6.07) is 6.03. The van der Waals surface area contributed by atoms with Crippen LogP contribution in [0.2, 0.25) is 0 Å². The first-order valence-corrected chi connectivity index (χ1v) is 6.92. The number of hydrogen-bond acceptors (Lipinski definition) is 6. The van der Waals surface area contributed by atoms with Gasteiger partial charge in [0.05, 0.1) is 6.54 Å². The highest BCUT2D eigenvalue weighted by atomic mass is 16.5. The number of likely N-dealkylation sites (N-methyl/N-ethyl adjacent to an activating group) is 1. The van der Waals surface area contributed by atoms with Crippen LogP contribution in [0.4, 0.5) is 0 Å². The molecular weight excluding hydrogens is 254 g/mol. The van der Waals surface area contributed by atoms with Gasteiger partial charge < -0.3 is 10.3 Å². The van der Waals surface area contributed by atoms with E-state index in [9.17, 15) is 0 Å². The standard InChI is InChI=1S/C14H19N5O/c1-19(12(8-15)10-5-6-10)9-13-17-14(18-20-13)11-4-2-3-7-16-11/h2-4,7,10,12H,5-6,8-9,15H2,1H3. The fourth-order valence-electron chi connectivity index (χ4n) is 2.46. The van der Waals surface area contributed by atoms with Crippen molar-refractivity contribution in [3.63, 3.8) is 0 Å². The fraction of sp³-hybridized carbons (Fsp3) is 0.500. The lowest BCUT2D eigenvalue weighted by Gasteiger charge is -2.25. The molecule has 1 saturated carbocycles. The summed E-state index contributed by atoms with van der Waals surface area (Å²) in [7, 11) is 2.06. The van der Waals surface area contributed by atoms with Crippen molar-refractivity contribution in [1.82, 2.24) is 20.0 Å². The highest BCUT2D eigenvalue weighted by Crippen LogP contribution is 2.34. The van der Waals surface area contributed by atoms with E-state index < -0.39 is 0 Å². The second-order valence-electron chi connectivity index (χ2n) is 5.28. The molecular formula is C14H19N5O. The first-order valence-electron chi connectivity index (χ1n) is 6.92. The third-order valence-corrected chi connectivity index (χ3v) is 3.72. The highest BCUT2D eigenvalue weighted by Gasteiger charge is 2.33. The predicted molar refractivity (Wildman–Crippen MR) is 74.6 cm³/mol. The van der Waals surface area contributed by atoms with Crippen LogP contribution in [0.3, 0.4) is 0 Å². The van der Waals surface area contributed by atoms with E-state index >= 15 is 0 Å². The number of nitrogens with zero attached hydrogens (tertiary/aromatic N) is 4. The zero-order chi connectivity index (χ0) is 13.9. The van der Waals surface area contributed by atoms with Gasteiger partial charge in [0.2, 0.25) is 11.7 Å². The first kappa shape index (κ1) is 13.2. The van der Waals surface area contributed by atoms with Crippen LogP contribution in [-0.4, -0.2) is 39.7 Å². The average Bonchev–Trinajstić information content (AvgIpc) is 3.19. The molecule has 2 heterocycles. The van der Waals surface area contributed by atoms with E-state index in [0.29, 0.717) is 30.8 Å². The molecule has 1 atom stereocenters. The molecule has 2 aromatic rings. The van der Waals surface area contributed by atoms with Gasteiger partial charge in [-0.25, -0.2) is 0 Å². The van der Waals surface area contributed by atoms with Crippen LogP contribution in [0.25, 0.3) is 11.5 Å². The van der Waals surface area contributed by atoms with Crippen molar-refractivity contribution in [3.8, 4) is 11.5 Å². The van der Waals surface area contributed by atoms with Crippen molar-refractivity contribution in [2.75, 3.05) is 13.6 Å². The molecule has 0 spiro atoms. The third-order valence-electron chi connectivity index (χ3n) is 3.72. The number of rotatable bonds is 6. The van der Waals surface area contributed by atoms with Crippen molar-refractivity contribution < 1.29 is 4.52 Å². The Morgan fingerprint density at radius 1 is 1.45 bits per heavy atom. The van der Waals surface area contributed by atoms with Crippen LogP contribution in [0.1, 0.15) is 18.7 Å². The minimum atomic E-state index is 0.403. The SMILES string of the molecule is CN(Cc1nc(-c2ccccn2)no1)C(CN)C1CC1. The van der Waals surface area contributed by atoms with Crippen LogP contribution in [0.15, 0.2) is 28.9 Å². The molecule has 1 fully saturated rings. The van der Waals surface area contributed by atoms with Crippen LogP contribution >= 0.6 is 0 Å². The molecule has 2 N–H and O–H groups in total. The van der Waals surface area contributed by atoms with Crippen molar-refractivity contribution in [1.29, 1.82) is 0 Å². The summed E-state index contributed by atoms with van der Waals surface area (Å²) >= 11 is 0. The summed E-state index contributed by atoms with van der Waals surface area (Å²) in [5.41, 5.74) is 6.57. The van der Waals surface area contributed by atoms with Gasteiger partial charge in [-0.1, -0.05) is 11.2 Å². The van der Waals surface area contributed by atoms with Gasteiger partial charge in [-0.15, -0.1) is 0 Å². The van der Waals surface area contributed by atoms with E-state index in [-0.39, 0.29) is 0 Å². The van der Waals surface area contributed by atoms with E-state index in [0.717, 1.165) is 11.6 Å². The third kappa shape index (κ3) is 2.86. The molecule has 6 nitrogen and oxygen atoms in total. The Balaban J connectivity index is 1.68. The van der Waals surface area contributed by atoms with Crippen molar-refractivity contribution in [2.45, 2.75) is 25.4 Å². The number of pyridine rings is 1. The van der Waals surface area contributed by atoms with Gasteiger partial charge in [-0.2, -0.15) is 4.98 Å². The quantitative estimate of drug-likeness (QED) is 0.854. The first-order chi connectivity index (χ1) is 9.78. The predicted octanol–water partition coefficient (Wildman–Crippen LogP) is 1.30. The summed E-state index contributed by atoms with van der Waals surface area (Å²) < 4.78 is 5.30. The van der Waals surface area contributed by atoms with Gasteiger partial charge in [-0.05, 0) is 37.9 Å². The molecule has 106 valence electrons. The van der Waals surface area contributed by atoms with Crippen molar-refractivity contribution in [3.05, 3.63) is 30.3 Å².